The van der Waals surface area contributed by atoms with E-state index in [2.05, 4.69) is 15.3 Å². The zero-order valence-electron chi connectivity index (χ0n) is 15.3. The van der Waals surface area contributed by atoms with Crippen LogP contribution in [0.3, 0.4) is 0 Å². The highest BCUT2D eigenvalue weighted by molar-refractivity contribution is 6.03. The van der Waals surface area contributed by atoms with Gasteiger partial charge < -0.3 is 15.1 Å². The van der Waals surface area contributed by atoms with E-state index in [9.17, 15) is 9.59 Å². The first-order chi connectivity index (χ1) is 12.5. The summed E-state index contributed by atoms with van der Waals surface area (Å²) in [6.07, 6.45) is 2.45. The molecule has 0 atom stereocenters. The fourth-order valence-electron chi connectivity index (χ4n) is 3.21. The summed E-state index contributed by atoms with van der Waals surface area (Å²) in [6, 6.07) is 5.69. The largest absolute Gasteiger partial charge is 0.342 e. The molecule has 3 rings (SSSR count). The van der Waals surface area contributed by atoms with Gasteiger partial charge in [-0.25, -0.2) is 9.97 Å². The maximum atomic E-state index is 12.7. The van der Waals surface area contributed by atoms with Gasteiger partial charge in [0.1, 0.15) is 5.69 Å². The molecule has 1 fully saturated rings. The molecule has 7 heteroatoms. The molecule has 0 bridgehead atoms. The zero-order valence-corrected chi connectivity index (χ0v) is 15.3. The Bertz CT molecular complexity index is 805. The van der Waals surface area contributed by atoms with Crippen molar-refractivity contribution in [1.29, 1.82) is 0 Å². The minimum absolute atomic E-state index is 0.254. The summed E-state index contributed by atoms with van der Waals surface area (Å²) in [5.41, 5.74) is 4.36. The molecule has 2 aromatic rings. The third-order valence-electron chi connectivity index (χ3n) is 4.54. The molecule has 136 valence electrons. The summed E-state index contributed by atoms with van der Waals surface area (Å²) >= 11 is 0. The van der Waals surface area contributed by atoms with Crippen LogP contribution < -0.4 is 10.2 Å². The molecule has 0 radical (unpaired) electrons. The van der Waals surface area contributed by atoms with Crippen molar-refractivity contribution in [3.63, 3.8) is 0 Å². The number of piperazine rings is 1. The highest BCUT2D eigenvalue weighted by Gasteiger charge is 2.19. The van der Waals surface area contributed by atoms with Crippen LogP contribution in [0.5, 0.6) is 0 Å². The summed E-state index contributed by atoms with van der Waals surface area (Å²) in [5.74, 6) is 0.260. The van der Waals surface area contributed by atoms with Gasteiger partial charge in [0.15, 0.2) is 0 Å². The lowest BCUT2D eigenvalue weighted by Gasteiger charge is -2.32. The number of nitrogens with zero attached hydrogens (tertiary/aromatic N) is 4. The van der Waals surface area contributed by atoms with Gasteiger partial charge >= 0.3 is 0 Å². The van der Waals surface area contributed by atoms with Crippen LogP contribution in [0.15, 0.2) is 24.4 Å². The molecule has 7 nitrogen and oxygen atoms in total. The van der Waals surface area contributed by atoms with Crippen molar-refractivity contribution in [2.45, 2.75) is 20.8 Å². The molecule has 2 amide bonds. The number of aryl methyl sites for hydroxylation is 3. The smallest absolute Gasteiger partial charge is 0.274 e. The number of hydrogen-bond donors (Lipinski definition) is 1. The average Bonchev–Trinajstić information content (AvgIpc) is 2.64. The van der Waals surface area contributed by atoms with E-state index in [1.54, 1.807) is 17.2 Å². The topological polar surface area (TPSA) is 78.4 Å². The highest BCUT2D eigenvalue weighted by Crippen LogP contribution is 2.22. The molecule has 1 N–H and O–H groups in total. The second-order valence-corrected chi connectivity index (χ2v) is 6.60. The molecule has 1 aliphatic heterocycles. The quantitative estimate of drug-likeness (QED) is 0.850. The number of carbonyl (C=O) groups is 2. The first-order valence-electron chi connectivity index (χ1n) is 8.64. The van der Waals surface area contributed by atoms with E-state index >= 15 is 0 Å². The van der Waals surface area contributed by atoms with Gasteiger partial charge in [-0.1, -0.05) is 17.7 Å². The van der Waals surface area contributed by atoms with E-state index in [-0.39, 0.29) is 5.91 Å². The second kappa shape index (κ2) is 7.51. The Balaban J connectivity index is 1.76. The lowest BCUT2D eigenvalue weighted by Crippen LogP contribution is -2.46. The standard InChI is InChI=1S/C19H23N5O2/c1-13-10-14(2)17(15(3)11-13)22-18(26)16-4-5-20-19(21-16)24-8-6-23(12-25)7-9-24/h4-5,10-12H,6-9H2,1-3H3,(H,22,26). The van der Waals surface area contributed by atoms with Crippen LogP contribution in [0, 0.1) is 20.8 Å². The molecule has 26 heavy (non-hydrogen) atoms. The average molecular weight is 353 g/mol. The monoisotopic (exact) mass is 353 g/mol. The van der Waals surface area contributed by atoms with Crippen molar-refractivity contribution in [2.24, 2.45) is 0 Å². The number of aromatic nitrogens is 2. The Morgan fingerprint density at radius 1 is 1.12 bits per heavy atom. The second-order valence-electron chi connectivity index (χ2n) is 6.60. The van der Waals surface area contributed by atoms with E-state index in [0.717, 1.165) is 28.8 Å². The first kappa shape index (κ1) is 17.8. The lowest BCUT2D eigenvalue weighted by molar-refractivity contribution is -0.118. The van der Waals surface area contributed by atoms with Crippen LogP contribution >= 0.6 is 0 Å². The van der Waals surface area contributed by atoms with Crippen molar-refractivity contribution in [2.75, 3.05) is 36.4 Å². The van der Waals surface area contributed by atoms with Gasteiger partial charge in [-0.2, -0.15) is 0 Å². The number of nitrogens with one attached hydrogen (secondary N) is 1. The highest BCUT2D eigenvalue weighted by atomic mass is 16.2. The van der Waals surface area contributed by atoms with Crippen molar-refractivity contribution in [3.05, 3.63) is 46.8 Å². The molecule has 1 aliphatic rings. The molecule has 1 saturated heterocycles. The van der Waals surface area contributed by atoms with Gasteiger partial charge in [-0.3, -0.25) is 9.59 Å². The lowest BCUT2D eigenvalue weighted by atomic mass is 10.1. The molecule has 1 aromatic carbocycles. The van der Waals surface area contributed by atoms with E-state index < -0.39 is 0 Å². The van der Waals surface area contributed by atoms with Gasteiger partial charge in [0.25, 0.3) is 5.91 Å². The van der Waals surface area contributed by atoms with Crippen molar-refractivity contribution >= 4 is 24.0 Å². The van der Waals surface area contributed by atoms with Crippen LogP contribution in [0.1, 0.15) is 27.2 Å². The summed E-state index contributed by atoms with van der Waals surface area (Å²) in [7, 11) is 0. The van der Waals surface area contributed by atoms with E-state index in [0.29, 0.717) is 37.8 Å². The third kappa shape index (κ3) is 3.82. The molecule has 0 spiro atoms. The number of anilines is 2. The van der Waals surface area contributed by atoms with Crippen molar-refractivity contribution < 1.29 is 9.59 Å². The number of carbonyl (C=O) groups excluding carboxylic acids is 2. The molecule has 0 aliphatic carbocycles. The Morgan fingerprint density at radius 3 is 2.38 bits per heavy atom. The van der Waals surface area contributed by atoms with E-state index in [4.69, 9.17) is 0 Å². The predicted molar refractivity (Wildman–Crippen MR) is 100 cm³/mol. The Labute approximate surface area is 153 Å². The summed E-state index contributed by atoms with van der Waals surface area (Å²) in [5, 5.41) is 2.97. The van der Waals surface area contributed by atoms with Crippen LogP contribution in [0.4, 0.5) is 11.6 Å². The SMILES string of the molecule is Cc1cc(C)c(NC(=O)c2ccnc(N3CCN(C=O)CC3)n2)c(C)c1. The molecule has 1 aromatic heterocycles. The van der Waals surface area contributed by atoms with Gasteiger partial charge in [0, 0.05) is 38.1 Å². The maximum absolute atomic E-state index is 12.7. The summed E-state index contributed by atoms with van der Waals surface area (Å²) < 4.78 is 0. The van der Waals surface area contributed by atoms with Gasteiger partial charge in [-0.05, 0) is 38.0 Å². The number of rotatable bonds is 4. The Kier molecular flexibility index (Phi) is 5.16. The van der Waals surface area contributed by atoms with E-state index in [1.165, 1.54) is 0 Å². The Hall–Kier alpha value is -2.96. The van der Waals surface area contributed by atoms with Crippen LogP contribution in [0.25, 0.3) is 0 Å². The van der Waals surface area contributed by atoms with Crippen LogP contribution in [0.2, 0.25) is 0 Å². The van der Waals surface area contributed by atoms with Gasteiger partial charge in [0.05, 0.1) is 0 Å². The normalized spacial score (nSPS) is 14.3. The molecule has 2 heterocycles. The Morgan fingerprint density at radius 2 is 1.77 bits per heavy atom. The van der Waals surface area contributed by atoms with Crippen LogP contribution in [-0.2, 0) is 4.79 Å². The molecule has 0 unspecified atom stereocenters. The fourth-order valence-corrected chi connectivity index (χ4v) is 3.21. The number of amides is 2. The molecule has 0 saturated carbocycles. The molecular weight excluding hydrogens is 330 g/mol. The van der Waals surface area contributed by atoms with Crippen molar-refractivity contribution in [1.82, 2.24) is 14.9 Å². The van der Waals surface area contributed by atoms with Crippen LogP contribution in [-0.4, -0.2) is 53.4 Å². The summed E-state index contributed by atoms with van der Waals surface area (Å²) in [4.78, 5) is 35.9. The summed E-state index contributed by atoms with van der Waals surface area (Å²) in [6.45, 7) is 8.56. The zero-order chi connectivity index (χ0) is 18.7. The van der Waals surface area contributed by atoms with Gasteiger partial charge in [0.2, 0.25) is 12.4 Å². The third-order valence-corrected chi connectivity index (χ3v) is 4.54. The van der Waals surface area contributed by atoms with Gasteiger partial charge in [-0.15, -0.1) is 0 Å². The minimum atomic E-state index is -0.254. The first-order valence-corrected chi connectivity index (χ1v) is 8.64. The number of hydrogen-bond acceptors (Lipinski definition) is 5. The maximum Gasteiger partial charge on any atom is 0.274 e. The predicted octanol–water partition coefficient (Wildman–Crippen LogP) is 1.93. The molecular formula is C19H23N5O2. The number of benzene rings is 1. The minimum Gasteiger partial charge on any atom is -0.342 e. The van der Waals surface area contributed by atoms with E-state index in [1.807, 2.05) is 37.8 Å². The van der Waals surface area contributed by atoms with Crippen molar-refractivity contribution in [3.8, 4) is 0 Å². The fraction of sp³-hybridized carbons (Fsp3) is 0.368.